The Hall–Kier alpha value is -5.69. The second kappa shape index (κ2) is 13.1. The van der Waals surface area contributed by atoms with Crippen molar-refractivity contribution in [3.8, 4) is 23.3 Å². The molecule has 0 unspecified atom stereocenters. The monoisotopic (exact) mass is 582 g/mol. The second-order valence-corrected chi connectivity index (χ2v) is 9.92. The molecule has 0 aliphatic rings. The predicted octanol–water partition coefficient (Wildman–Crippen LogP) is 6.59. The summed E-state index contributed by atoms with van der Waals surface area (Å²) in [6, 6.07) is 28.5. The molecule has 0 radical (unpaired) electrons. The van der Waals surface area contributed by atoms with E-state index in [1.165, 1.54) is 36.5 Å². The number of rotatable bonds is 6. The molecule has 5 rings (SSSR count). The Morgan fingerprint density at radius 1 is 0.738 bits per heavy atom. The highest BCUT2D eigenvalue weighted by molar-refractivity contribution is 7.85. The van der Waals surface area contributed by atoms with Gasteiger partial charge in [-0.05, 0) is 77.9 Å². The van der Waals surface area contributed by atoms with Crippen LogP contribution in [0.15, 0.2) is 108 Å². The van der Waals surface area contributed by atoms with Crippen LogP contribution in [0, 0.1) is 34.3 Å². The SMILES string of the molecule is N#Cc1ccc(Nc2nccc(Nc3c(F)cc(-c4ccc(C#N)cc4)cc3F)n2)cc1.O=S(=O)(O)c1ccccc1. The van der Waals surface area contributed by atoms with E-state index >= 15 is 0 Å². The van der Waals surface area contributed by atoms with E-state index in [1.54, 1.807) is 66.7 Å². The first-order valence-electron chi connectivity index (χ1n) is 12.1. The molecule has 0 saturated carbocycles. The van der Waals surface area contributed by atoms with Crippen LogP contribution in [0.25, 0.3) is 11.1 Å². The van der Waals surface area contributed by atoms with Crippen LogP contribution in [-0.2, 0) is 10.1 Å². The van der Waals surface area contributed by atoms with Crippen molar-refractivity contribution in [2.75, 3.05) is 10.6 Å². The normalized spacial score (nSPS) is 10.4. The van der Waals surface area contributed by atoms with Crippen molar-refractivity contribution >= 4 is 33.3 Å². The van der Waals surface area contributed by atoms with Gasteiger partial charge in [-0.15, -0.1) is 0 Å². The largest absolute Gasteiger partial charge is 0.335 e. The summed E-state index contributed by atoms with van der Waals surface area (Å²) in [5.74, 6) is -1.16. The van der Waals surface area contributed by atoms with Gasteiger partial charge in [0.15, 0.2) is 0 Å². The Labute approximate surface area is 240 Å². The van der Waals surface area contributed by atoms with E-state index in [1.807, 2.05) is 12.1 Å². The number of nitriles is 2. The lowest BCUT2D eigenvalue weighted by atomic mass is 10.0. The molecule has 0 bridgehead atoms. The third-order valence-corrected chi connectivity index (χ3v) is 6.48. The molecule has 0 fully saturated rings. The molecule has 3 N–H and O–H groups in total. The zero-order valence-corrected chi connectivity index (χ0v) is 22.3. The minimum absolute atomic E-state index is 0.0741. The van der Waals surface area contributed by atoms with Crippen molar-refractivity contribution in [2.24, 2.45) is 0 Å². The van der Waals surface area contributed by atoms with E-state index in [0.717, 1.165) is 0 Å². The average molecular weight is 583 g/mol. The van der Waals surface area contributed by atoms with Gasteiger partial charge >= 0.3 is 0 Å². The zero-order valence-electron chi connectivity index (χ0n) is 21.5. The van der Waals surface area contributed by atoms with E-state index in [2.05, 4.69) is 20.6 Å². The Bertz CT molecular complexity index is 1870. The smallest absolute Gasteiger partial charge is 0.294 e. The molecule has 0 atom stereocenters. The molecule has 1 aromatic heterocycles. The predicted molar refractivity (Wildman–Crippen MR) is 153 cm³/mol. The van der Waals surface area contributed by atoms with Gasteiger partial charge in [0.25, 0.3) is 10.1 Å². The molecular formula is C30H20F2N6O3S. The van der Waals surface area contributed by atoms with Crippen LogP contribution in [0.1, 0.15) is 11.1 Å². The highest BCUT2D eigenvalue weighted by atomic mass is 32.2. The third-order valence-electron chi connectivity index (χ3n) is 5.61. The number of nitrogens with zero attached hydrogens (tertiary/aromatic N) is 4. The summed E-state index contributed by atoms with van der Waals surface area (Å²) < 4.78 is 58.7. The Morgan fingerprint density at radius 2 is 1.31 bits per heavy atom. The number of aromatic nitrogens is 2. The van der Waals surface area contributed by atoms with Gasteiger partial charge in [-0.3, -0.25) is 4.55 Å². The van der Waals surface area contributed by atoms with Crippen molar-refractivity contribution in [1.29, 1.82) is 10.5 Å². The fourth-order valence-electron chi connectivity index (χ4n) is 3.56. The van der Waals surface area contributed by atoms with E-state index in [-0.39, 0.29) is 22.3 Å². The summed E-state index contributed by atoms with van der Waals surface area (Å²) in [6.45, 7) is 0. The minimum Gasteiger partial charge on any atom is -0.335 e. The first-order chi connectivity index (χ1) is 20.2. The molecule has 5 aromatic rings. The molecule has 1 heterocycles. The van der Waals surface area contributed by atoms with Gasteiger partial charge < -0.3 is 10.6 Å². The number of benzene rings is 4. The number of halogens is 2. The number of hydrogen-bond acceptors (Lipinski definition) is 8. The number of anilines is 4. The van der Waals surface area contributed by atoms with Crippen LogP contribution in [0.3, 0.4) is 0 Å². The topological polar surface area (TPSA) is 152 Å². The van der Waals surface area contributed by atoms with E-state index in [4.69, 9.17) is 15.1 Å². The van der Waals surface area contributed by atoms with E-state index in [0.29, 0.717) is 27.9 Å². The van der Waals surface area contributed by atoms with Crippen molar-refractivity contribution in [1.82, 2.24) is 9.97 Å². The van der Waals surface area contributed by atoms with Gasteiger partial charge in [0.2, 0.25) is 5.95 Å². The summed E-state index contributed by atoms with van der Waals surface area (Å²) in [5, 5.41) is 23.4. The number of hydrogen-bond donors (Lipinski definition) is 3. The van der Waals surface area contributed by atoms with Gasteiger partial charge in [0.05, 0.1) is 28.2 Å². The lowest BCUT2D eigenvalue weighted by Crippen LogP contribution is -2.03. The van der Waals surface area contributed by atoms with Crippen LogP contribution in [0.4, 0.5) is 31.9 Å². The first-order valence-corrected chi connectivity index (χ1v) is 13.5. The van der Waals surface area contributed by atoms with Crippen LogP contribution in [-0.4, -0.2) is 22.9 Å². The summed E-state index contributed by atoms with van der Waals surface area (Å²) in [4.78, 5) is 8.25. The molecule has 0 saturated heterocycles. The molecule has 12 heteroatoms. The van der Waals surface area contributed by atoms with Crippen LogP contribution in [0.2, 0.25) is 0 Å². The van der Waals surface area contributed by atoms with Gasteiger partial charge in [-0.2, -0.15) is 23.9 Å². The molecule has 0 aliphatic heterocycles. The summed E-state index contributed by atoms with van der Waals surface area (Å²) in [7, 11) is -4.00. The fraction of sp³-hybridized carbons (Fsp3) is 0. The fourth-order valence-corrected chi connectivity index (χ4v) is 4.06. The molecule has 0 spiro atoms. The molecule has 0 amide bonds. The average Bonchev–Trinajstić information content (AvgIpc) is 3.00. The Balaban J connectivity index is 0.000000343. The van der Waals surface area contributed by atoms with Crippen LogP contribution in [0.5, 0.6) is 0 Å². The maximum Gasteiger partial charge on any atom is 0.294 e. The van der Waals surface area contributed by atoms with Gasteiger partial charge in [-0.1, -0.05) is 30.3 Å². The quantitative estimate of drug-likeness (QED) is 0.188. The summed E-state index contributed by atoms with van der Waals surface area (Å²) in [6.07, 6.45) is 1.45. The van der Waals surface area contributed by atoms with Crippen molar-refractivity contribution in [3.63, 3.8) is 0 Å². The maximum atomic E-state index is 14.7. The minimum atomic E-state index is -4.00. The third kappa shape index (κ3) is 7.70. The van der Waals surface area contributed by atoms with Crippen molar-refractivity contribution in [3.05, 3.63) is 126 Å². The Kier molecular flexibility index (Phi) is 9.14. The van der Waals surface area contributed by atoms with Gasteiger partial charge in [-0.25, -0.2) is 13.8 Å². The molecule has 4 aromatic carbocycles. The van der Waals surface area contributed by atoms with Crippen molar-refractivity contribution in [2.45, 2.75) is 4.90 Å². The molecule has 42 heavy (non-hydrogen) atoms. The van der Waals surface area contributed by atoms with Crippen LogP contribution >= 0.6 is 0 Å². The van der Waals surface area contributed by atoms with E-state index in [9.17, 15) is 17.2 Å². The lowest BCUT2D eigenvalue weighted by molar-refractivity contribution is 0.483. The Morgan fingerprint density at radius 3 is 1.83 bits per heavy atom. The van der Waals surface area contributed by atoms with Crippen molar-refractivity contribution < 1.29 is 21.8 Å². The molecular weight excluding hydrogens is 562 g/mol. The molecule has 208 valence electrons. The maximum absolute atomic E-state index is 14.7. The zero-order chi connectivity index (χ0) is 30.1. The standard InChI is InChI=1S/C24H14F2N6.C6H6O3S/c25-20-11-18(17-5-1-15(13-27)2-6-17)12-21(26)23(20)31-22-9-10-29-24(32-22)30-19-7-3-16(14-28)4-8-19;7-10(8,9)6-4-2-1-3-5-6/h1-12H,(H2,29,30,31,32);1-5H,(H,7,8,9). The first kappa shape index (κ1) is 29.3. The van der Waals surface area contributed by atoms with Gasteiger partial charge in [0.1, 0.15) is 23.1 Å². The highest BCUT2D eigenvalue weighted by Gasteiger charge is 2.14. The second-order valence-electron chi connectivity index (χ2n) is 8.50. The molecule has 0 aliphatic carbocycles. The summed E-state index contributed by atoms with van der Waals surface area (Å²) in [5.41, 5.74) is 2.23. The molecule has 9 nitrogen and oxygen atoms in total. The van der Waals surface area contributed by atoms with Gasteiger partial charge in [0, 0.05) is 11.9 Å². The lowest BCUT2D eigenvalue weighted by Gasteiger charge is -2.12. The highest BCUT2D eigenvalue weighted by Crippen LogP contribution is 2.29. The van der Waals surface area contributed by atoms with E-state index < -0.39 is 21.8 Å². The van der Waals surface area contributed by atoms with Crippen LogP contribution < -0.4 is 10.6 Å². The summed E-state index contributed by atoms with van der Waals surface area (Å²) >= 11 is 0. The number of nitrogens with one attached hydrogen (secondary N) is 2.